The second-order valence-electron chi connectivity index (χ2n) is 5.25. The molecule has 2 heterocycles. The zero-order chi connectivity index (χ0) is 15.6. The Morgan fingerprint density at radius 3 is 2.67 bits per heavy atom. The van der Waals surface area contributed by atoms with E-state index in [1.165, 1.54) is 9.56 Å². The van der Waals surface area contributed by atoms with Crippen LogP contribution in [0.1, 0.15) is 34.7 Å². The molecule has 0 amide bonds. The zero-order valence-electron chi connectivity index (χ0n) is 12.2. The van der Waals surface area contributed by atoms with Crippen LogP contribution in [0, 0.1) is 6.92 Å². The molecule has 3 nitrogen and oxygen atoms in total. The van der Waals surface area contributed by atoms with E-state index >= 15 is 0 Å². The summed E-state index contributed by atoms with van der Waals surface area (Å²) in [5, 5.41) is 7.12. The molecule has 0 fully saturated rings. The Morgan fingerprint density at radius 1 is 1.38 bits per heavy atom. The molecule has 2 rings (SSSR count). The quantitative estimate of drug-likeness (QED) is 0.908. The summed E-state index contributed by atoms with van der Waals surface area (Å²) >= 11 is 1.66. The minimum atomic E-state index is -4.34. The predicted molar refractivity (Wildman–Crippen MR) is 77.4 cm³/mol. The SMILES string of the molecule is Cc1sc(CNC(C)C)cc1Cn1cc(C(F)(F)F)cn1. The van der Waals surface area contributed by atoms with Crippen molar-refractivity contribution in [1.29, 1.82) is 0 Å². The van der Waals surface area contributed by atoms with E-state index in [9.17, 15) is 13.2 Å². The number of aromatic nitrogens is 2. The standard InChI is InChI=1S/C14H18F3N3S/c1-9(2)18-6-13-4-11(10(3)21-13)7-20-8-12(5-19-20)14(15,16)17/h4-5,8-9,18H,6-7H2,1-3H3. The average Bonchev–Trinajstić information content (AvgIpc) is 2.95. The lowest BCUT2D eigenvalue weighted by molar-refractivity contribution is -0.137. The van der Waals surface area contributed by atoms with Gasteiger partial charge in [0.1, 0.15) is 0 Å². The fourth-order valence-electron chi connectivity index (χ4n) is 1.91. The third-order valence-corrected chi connectivity index (χ3v) is 4.14. The lowest BCUT2D eigenvalue weighted by Crippen LogP contribution is -2.21. The Hall–Kier alpha value is -1.34. The molecule has 0 unspecified atom stereocenters. The van der Waals surface area contributed by atoms with Crippen LogP contribution in [0.15, 0.2) is 18.5 Å². The summed E-state index contributed by atoms with van der Waals surface area (Å²) in [6, 6.07) is 2.43. The topological polar surface area (TPSA) is 29.9 Å². The van der Waals surface area contributed by atoms with Crippen LogP contribution in [0.4, 0.5) is 13.2 Å². The Bertz CT molecular complexity index is 599. The summed E-state index contributed by atoms with van der Waals surface area (Å²) < 4.78 is 39.0. The van der Waals surface area contributed by atoms with Crippen LogP contribution in [0.2, 0.25) is 0 Å². The van der Waals surface area contributed by atoms with Gasteiger partial charge in [0, 0.05) is 28.5 Å². The maximum absolute atomic E-state index is 12.5. The van der Waals surface area contributed by atoms with Crippen molar-refractivity contribution in [1.82, 2.24) is 15.1 Å². The number of rotatable bonds is 5. The van der Waals surface area contributed by atoms with Gasteiger partial charge >= 0.3 is 6.18 Å². The number of thiophene rings is 1. The maximum atomic E-state index is 12.5. The van der Waals surface area contributed by atoms with Crippen molar-refractivity contribution in [3.8, 4) is 0 Å². The summed E-state index contributed by atoms with van der Waals surface area (Å²) in [6.07, 6.45) is -2.43. The van der Waals surface area contributed by atoms with Gasteiger partial charge in [-0.1, -0.05) is 13.8 Å². The van der Waals surface area contributed by atoms with E-state index in [1.54, 1.807) is 11.3 Å². The monoisotopic (exact) mass is 317 g/mol. The summed E-state index contributed by atoms with van der Waals surface area (Å²) in [5.74, 6) is 0. The van der Waals surface area contributed by atoms with Gasteiger partial charge in [-0.05, 0) is 18.6 Å². The first-order chi connectivity index (χ1) is 9.75. The third-order valence-electron chi connectivity index (χ3n) is 3.05. The maximum Gasteiger partial charge on any atom is 0.419 e. The number of hydrogen-bond acceptors (Lipinski definition) is 3. The smallest absolute Gasteiger partial charge is 0.310 e. The Kier molecular flexibility index (Phi) is 4.73. The molecule has 0 bridgehead atoms. The van der Waals surface area contributed by atoms with Crippen molar-refractivity contribution in [2.24, 2.45) is 0 Å². The normalized spacial score (nSPS) is 12.3. The van der Waals surface area contributed by atoms with Crippen LogP contribution in [-0.2, 0) is 19.3 Å². The van der Waals surface area contributed by atoms with E-state index < -0.39 is 11.7 Å². The molecule has 0 radical (unpaired) electrons. The fraction of sp³-hybridized carbons (Fsp3) is 0.500. The molecule has 116 valence electrons. The Balaban J connectivity index is 2.07. The lowest BCUT2D eigenvalue weighted by atomic mass is 10.2. The number of hydrogen-bond donors (Lipinski definition) is 1. The van der Waals surface area contributed by atoms with E-state index in [1.807, 2.05) is 13.0 Å². The van der Waals surface area contributed by atoms with Gasteiger partial charge in [0.25, 0.3) is 0 Å². The first-order valence-electron chi connectivity index (χ1n) is 6.67. The summed E-state index contributed by atoms with van der Waals surface area (Å²) in [6.45, 7) is 7.26. The van der Waals surface area contributed by atoms with Crippen LogP contribution >= 0.6 is 11.3 Å². The molecule has 0 saturated carbocycles. The highest BCUT2D eigenvalue weighted by Gasteiger charge is 2.32. The molecule has 0 aliphatic rings. The van der Waals surface area contributed by atoms with Crippen LogP contribution in [0.5, 0.6) is 0 Å². The van der Waals surface area contributed by atoms with E-state index in [0.717, 1.165) is 29.4 Å². The van der Waals surface area contributed by atoms with E-state index in [0.29, 0.717) is 12.6 Å². The summed E-state index contributed by atoms with van der Waals surface area (Å²) in [4.78, 5) is 2.29. The first-order valence-corrected chi connectivity index (χ1v) is 7.48. The second kappa shape index (κ2) is 6.19. The molecule has 2 aromatic heterocycles. The van der Waals surface area contributed by atoms with Crippen LogP contribution in [0.25, 0.3) is 0 Å². The lowest BCUT2D eigenvalue weighted by Gasteiger charge is -2.05. The van der Waals surface area contributed by atoms with Gasteiger partial charge in [-0.15, -0.1) is 11.3 Å². The van der Waals surface area contributed by atoms with Crippen molar-refractivity contribution < 1.29 is 13.2 Å². The fourth-order valence-corrected chi connectivity index (χ4v) is 2.91. The van der Waals surface area contributed by atoms with Gasteiger partial charge in [0.05, 0.1) is 18.3 Å². The van der Waals surface area contributed by atoms with Gasteiger partial charge in [-0.2, -0.15) is 18.3 Å². The molecular weight excluding hydrogens is 299 g/mol. The van der Waals surface area contributed by atoms with E-state index in [4.69, 9.17) is 0 Å². The molecule has 0 saturated heterocycles. The van der Waals surface area contributed by atoms with Crippen LogP contribution < -0.4 is 5.32 Å². The molecule has 0 aliphatic carbocycles. The molecule has 21 heavy (non-hydrogen) atoms. The van der Waals surface area contributed by atoms with Crippen molar-refractivity contribution in [3.05, 3.63) is 39.3 Å². The van der Waals surface area contributed by atoms with E-state index in [-0.39, 0.29) is 0 Å². The first kappa shape index (κ1) is 16.0. The van der Waals surface area contributed by atoms with Gasteiger partial charge in [-0.3, -0.25) is 4.68 Å². The molecule has 0 spiro atoms. The van der Waals surface area contributed by atoms with Gasteiger partial charge < -0.3 is 5.32 Å². The molecule has 1 N–H and O–H groups in total. The van der Waals surface area contributed by atoms with E-state index in [2.05, 4.69) is 24.3 Å². The van der Waals surface area contributed by atoms with Gasteiger partial charge in [0.15, 0.2) is 0 Å². The van der Waals surface area contributed by atoms with Crippen molar-refractivity contribution >= 4 is 11.3 Å². The largest absolute Gasteiger partial charge is 0.419 e. The molecule has 0 atom stereocenters. The number of alkyl halides is 3. The molecule has 0 aliphatic heterocycles. The third kappa shape index (κ3) is 4.31. The van der Waals surface area contributed by atoms with Crippen LogP contribution in [0.3, 0.4) is 0 Å². The second-order valence-corrected chi connectivity index (χ2v) is 6.59. The zero-order valence-corrected chi connectivity index (χ0v) is 13.0. The highest BCUT2D eigenvalue weighted by atomic mass is 32.1. The van der Waals surface area contributed by atoms with Crippen LogP contribution in [-0.4, -0.2) is 15.8 Å². The summed E-state index contributed by atoms with van der Waals surface area (Å²) in [7, 11) is 0. The predicted octanol–water partition coefficient (Wildman–Crippen LogP) is 3.82. The molecular formula is C14H18F3N3S. The number of nitrogens with zero attached hydrogens (tertiary/aromatic N) is 2. The van der Waals surface area contributed by atoms with Crippen molar-refractivity contribution in [2.45, 2.75) is 46.1 Å². The van der Waals surface area contributed by atoms with Crippen molar-refractivity contribution in [3.63, 3.8) is 0 Å². The van der Waals surface area contributed by atoms with Gasteiger partial charge in [-0.25, -0.2) is 0 Å². The highest BCUT2D eigenvalue weighted by Crippen LogP contribution is 2.29. The number of aryl methyl sites for hydroxylation is 1. The highest BCUT2D eigenvalue weighted by molar-refractivity contribution is 7.12. The minimum Gasteiger partial charge on any atom is -0.310 e. The van der Waals surface area contributed by atoms with Gasteiger partial charge in [0.2, 0.25) is 0 Å². The van der Waals surface area contributed by atoms with Crippen molar-refractivity contribution in [2.75, 3.05) is 0 Å². The summed E-state index contributed by atoms with van der Waals surface area (Å²) in [5.41, 5.74) is 0.300. The number of nitrogens with one attached hydrogen (secondary N) is 1. The Morgan fingerprint density at radius 2 is 2.10 bits per heavy atom. The average molecular weight is 317 g/mol. The Labute approximate surface area is 125 Å². The minimum absolute atomic E-state index is 0.361. The molecule has 0 aromatic carbocycles. The number of halogens is 3. The molecule has 2 aromatic rings. The molecule has 7 heteroatoms.